The quantitative estimate of drug-likeness (QED) is 0.886. The molecule has 2 aromatic rings. The first-order valence-corrected chi connectivity index (χ1v) is 7.84. The van der Waals surface area contributed by atoms with Crippen LogP contribution in [-0.4, -0.2) is 15.7 Å². The van der Waals surface area contributed by atoms with Crippen LogP contribution in [0.4, 0.5) is 5.69 Å². The van der Waals surface area contributed by atoms with Crippen molar-refractivity contribution in [2.45, 2.75) is 40.2 Å². The van der Waals surface area contributed by atoms with Crippen LogP contribution in [-0.2, 0) is 11.2 Å². The van der Waals surface area contributed by atoms with Gasteiger partial charge in [0.25, 0.3) is 0 Å². The monoisotopic (exact) mass is 339 g/mol. The normalized spacial score (nSPS) is 11.0. The number of aryl methyl sites for hydroxylation is 1. The van der Waals surface area contributed by atoms with Crippen molar-refractivity contribution < 1.29 is 4.79 Å². The molecule has 1 aromatic heterocycles. The number of amides is 1. The molecule has 1 heterocycles. The summed E-state index contributed by atoms with van der Waals surface area (Å²) in [7, 11) is 0. The summed E-state index contributed by atoms with van der Waals surface area (Å²) in [5.74, 6) is -0.140. The van der Waals surface area contributed by atoms with E-state index in [0.29, 0.717) is 15.6 Å². The van der Waals surface area contributed by atoms with Gasteiger partial charge in [-0.25, -0.2) is 0 Å². The van der Waals surface area contributed by atoms with E-state index in [-0.39, 0.29) is 18.4 Å². The van der Waals surface area contributed by atoms with E-state index in [4.69, 9.17) is 23.2 Å². The average Bonchev–Trinajstić information content (AvgIpc) is 2.71. The van der Waals surface area contributed by atoms with Crippen LogP contribution in [0.1, 0.15) is 36.8 Å². The van der Waals surface area contributed by atoms with E-state index in [0.717, 1.165) is 17.1 Å². The fourth-order valence-corrected chi connectivity index (χ4v) is 2.76. The summed E-state index contributed by atoms with van der Waals surface area (Å²) in [6.07, 6.45) is 0.172. The molecule has 0 fully saturated rings. The van der Waals surface area contributed by atoms with Crippen LogP contribution in [0.15, 0.2) is 18.2 Å². The first-order valence-electron chi connectivity index (χ1n) is 7.09. The number of carbonyl (C=O) groups is 1. The summed E-state index contributed by atoms with van der Waals surface area (Å²) in [6, 6.07) is 5.35. The summed E-state index contributed by atoms with van der Waals surface area (Å²) in [6.45, 7) is 7.93. The molecule has 0 radical (unpaired) electrons. The van der Waals surface area contributed by atoms with Gasteiger partial charge in [-0.1, -0.05) is 23.2 Å². The molecule has 0 saturated carbocycles. The largest absolute Gasteiger partial charge is 0.323 e. The molecule has 6 heteroatoms. The summed E-state index contributed by atoms with van der Waals surface area (Å²) in [5.41, 5.74) is 3.21. The number of hydrogen-bond donors (Lipinski definition) is 1. The molecule has 0 spiro atoms. The van der Waals surface area contributed by atoms with Crippen molar-refractivity contribution in [2.75, 3.05) is 5.32 Å². The number of rotatable bonds is 4. The van der Waals surface area contributed by atoms with E-state index in [9.17, 15) is 4.79 Å². The summed E-state index contributed by atoms with van der Waals surface area (Å²) in [5, 5.41) is 8.48. The number of nitrogens with one attached hydrogen (secondary N) is 1. The molecular formula is C16H19Cl2N3O. The van der Waals surface area contributed by atoms with Crippen LogP contribution in [0.2, 0.25) is 10.0 Å². The van der Waals surface area contributed by atoms with E-state index in [2.05, 4.69) is 24.3 Å². The Hall–Kier alpha value is -1.52. The molecule has 0 unspecified atom stereocenters. The first-order chi connectivity index (χ1) is 10.3. The average molecular weight is 340 g/mol. The lowest BCUT2D eigenvalue weighted by Gasteiger charge is -2.10. The highest BCUT2D eigenvalue weighted by atomic mass is 35.5. The molecule has 2 rings (SSSR count). The number of benzene rings is 1. The summed E-state index contributed by atoms with van der Waals surface area (Å²) in [4.78, 5) is 12.3. The third-order valence-corrected chi connectivity index (χ3v) is 4.04. The van der Waals surface area contributed by atoms with Crippen molar-refractivity contribution in [3.63, 3.8) is 0 Å². The van der Waals surface area contributed by atoms with Gasteiger partial charge in [0.1, 0.15) is 0 Å². The van der Waals surface area contributed by atoms with Gasteiger partial charge in [0.2, 0.25) is 5.91 Å². The first kappa shape index (κ1) is 16.8. The molecule has 0 atom stereocenters. The highest BCUT2D eigenvalue weighted by Crippen LogP contribution is 2.24. The Morgan fingerprint density at radius 1 is 1.32 bits per heavy atom. The van der Waals surface area contributed by atoms with Gasteiger partial charge < -0.3 is 5.32 Å². The number of hydrogen-bond acceptors (Lipinski definition) is 2. The van der Waals surface area contributed by atoms with Crippen molar-refractivity contribution in [3.05, 3.63) is 45.2 Å². The van der Waals surface area contributed by atoms with E-state index in [1.54, 1.807) is 18.2 Å². The maximum Gasteiger partial charge on any atom is 0.228 e. The lowest BCUT2D eigenvalue weighted by Crippen LogP contribution is -2.16. The Morgan fingerprint density at radius 2 is 2.00 bits per heavy atom. The zero-order valence-corrected chi connectivity index (χ0v) is 14.6. The van der Waals surface area contributed by atoms with Crippen molar-refractivity contribution in [3.8, 4) is 0 Å². The Morgan fingerprint density at radius 3 is 2.59 bits per heavy atom. The summed E-state index contributed by atoms with van der Waals surface area (Å²) < 4.78 is 1.90. The van der Waals surface area contributed by atoms with Crippen LogP contribution in [0.25, 0.3) is 0 Å². The maximum absolute atomic E-state index is 12.3. The van der Waals surface area contributed by atoms with Gasteiger partial charge in [-0.3, -0.25) is 9.48 Å². The molecule has 4 nitrogen and oxygen atoms in total. The Balaban J connectivity index is 2.18. The third-order valence-electron chi connectivity index (χ3n) is 3.44. The number of anilines is 1. The van der Waals surface area contributed by atoms with Crippen LogP contribution in [0.5, 0.6) is 0 Å². The van der Waals surface area contributed by atoms with Crippen molar-refractivity contribution >= 4 is 34.8 Å². The Kier molecular flexibility index (Phi) is 5.14. The van der Waals surface area contributed by atoms with Gasteiger partial charge >= 0.3 is 0 Å². The predicted molar refractivity (Wildman–Crippen MR) is 90.9 cm³/mol. The zero-order valence-electron chi connectivity index (χ0n) is 13.1. The standard InChI is InChI=1S/C16H19Cl2N3O/c1-9(2)21-11(4)16(10(3)20-21)19-15(22)8-12-7-13(17)5-6-14(12)18/h5-7,9H,8H2,1-4H3,(H,19,22). The lowest BCUT2D eigenvalue weighted by molar-refractivity contribution is -0.115. The molecule has 0 aliphatic carbocycles. The highest BCUT2D eigenvalue weighted by molar-refractivity contribution is 6.33. The topological polar surface area (TPSA) is 46.9 Å². The van der Waals surface area contributed by atoms with E-state index >= 15 is 0 Å². The number of aromatic nitrogens is 2. The fraction of sp³-hybridized carbons (Fsp3) is 0.375. The second-order valence-electron chi connectivity index (χ2n) is 5.54. The number of nitrogens with zero attached hydrogens (tertiary/aromatic N) is 2. The van der Waals surface area contributed by atoms with Gasteiger partial charge in [0, 0.05) is 16.1 Å². The zero-order chi connectivity index (χ0) is 16.4. The van der Waals surface area contributed by atoms with Crippen molar-refractivity contribution in [1.29, 1.82) is 0 Å². The second-order valence-corrected chi connectivity index (χ2v) is 6.39. The molecular weight excluding hydrogens is 321 g/mol. The Labute approximate surface area is 140 Å². The minimum Gasteiger partial charge on any atom is -0.323 e. The van der Waals surface area contributed by atoms with Gasteiger partial charge in [0.15, 0.2) is 0 Å². The fourth-order valence-electron chi connectivity index (χ4n) is 2.38. The molecule has 0 aliphatic rings. The van der Waals surface area contributed by atoms with E-state index in [1.165, 1.54) is 0 Å². The third kappa shape index (κ3) is 3.62. The van der Waals surface area contributed by atoms with Crippen molar-refractivity contribution in [2.24, 2.45) is 0 Å². The van der Waals surface area contributed by atoms with Crippen LogP contribution in [0, 0.1) is 13.8 Å². The molecule has 118 valence electrons. The van der Waals surface area contributed by atoms with E-state index < -0.39 is 0 Å². The van der Waals surface area contributed by atoms with Crippen LogP contribution in [0.3, 0.4) is 0 Å². The molecule has 0 bridgehead atoms. The minimum absolute atomic E-state index is 0.140. The lowest BCUT2D eigenvalue weighted by atomic mass is 10.1. The van der Waals surface area contributed by atoms with Crippen LogP contribution >= 0.6 is 23.2 Å². The van der Waals surface area contributed by atoms with Gasteiger partial charge in [-0.05, 0) is 51.5 Å². The predicted octanol–water partition coefficient (Wildman–Crippen LogP) is 4.57. The maximum atomic E-state index is 12.3. The van der Waals surface area contributed by atoms with Crippen molar-refractivity contribution in [1.82, 2.24) is 9.78 Å². The molecule has 1 amide bonds. The Bertz CT molecular complexity index is 708. The van der Waals surface area contributed by atoms with Gasteiger partial charge in [-0.2, -0.15) is 5.10 Å². The van der Waals surface area contributed by atoms with Crippen LogP contribution < -0.4 is 5.32 Å². The van der Waals surface area contributed by atoms with E-state index in [1.807, 2.05) is 18.5 Å². The smallest absolute Gasteiger partial charge is 0.228 e. The summed E-state index contributed by atoms with van der Waals surface area (Å²) >= 11 is 12.0. The van der Waals surface area contributed by atoms with Gasteiger partial charge in [-0.15, -0.1) is 0 Å². The SMILES string of the molecule is Cc1nn(C(C)C)c(C)c1NC(=O)Cc1cc(Cl)ccc1Cl. The number of carbonyl (C=O) groups excluding carboxylic acids is 1. The molecule has 1 aromatic carbocycles. The highest BCUT2D eigenvalue weighted by Gasteiger charge is 2.16. The number of halogens is 2. The molecule has 1 N–H and O–H groups in total. The molecule has 0 aliphatic heterocycles. The molecule has 22 heavy (non-hydrogen) atoms. The van der Waals surface area contributed by atoms with Gasteiger partial charge in [0.05, 0.1) is 23.5 Å². The minimum atomic E-state index is -0.140. The molecule has 0 saturated heterocycles. The second kappa shape index (κ2) is 6.71.